The molecule has 1 aromatic carbocycles. The molecule has 3 rings (SSSR count). The lowest BCUT2D eigenvalue weighted by atomic mass is 9.97. The van der Waals surface area contributed by atoms with Crippen molar-refractivity contribution in [3.05, 3.63) is 47.5 Å². The maximum absolute atomic E-state index is 5.37. The molecule has 1 fully saturated rings. The van der Waals surface area contributed by atoms with Crippen molar-refractivity contribution in [1.29, 1.82) is 0 Å². The molecule has 156 valence electrons. The molecule has 2 heterocycles. The fourth-order valence-corrected chi connectivity index (χ4v) is 3.93. The first kappa shape index (κ1) is 23.2. The van der Waals surface area contributed by atoms with Crippen molar-refractivity contribution < 1.29 is 4.74 Å². The number of halogens is 1. The molecule has 2 aliphatic heterocycles. The van der Waals surface area contributed by atoms with Crippen molar-refractivity contribution in [3.8, 4) is 0 Å². The van der Waals surface area contributed by atoms with E-state index in [1.54, 1.807) is 0 Å². The average Bonchev–Trinajstić information content (AvgIpc) is 2.71. The third-order valence-corrected chi connectivity index (χ3v) is 5.60. The molecule has 0 bridgehead atoms. The zero-order valence-corrected chi connectivity index (χ0v) is 19.5. The van der Waals surface area contributed by atoms with Gasteiger partial charge in [-0.2, -0.15) is 0 Å². The molecule has 1 saturated heterocycles. The zero-order chi connectivity index (χ0) is 18.9. The van der Waals surface area contributed by atoms with Gasteiger partial charge in [-0.25, -0.2) is 0 Å². The van der Waals surface area contributed by atoms with Gasteiger partial charge in [-0.05, 0) is 38.2 Å². The summed E-state index contributed by atoms with van der Waals surface area (Å²) in [7, 11) is 1.86. The summed E-state index contributed by atoms with van der Waals surface area (Å²) in [5.74, 6) is 0.927. The fourth-order valence-electron chi connectivity index (χ4n) is 3.93. The molecule has 2 atom stereocenters. The van der Waals surface area contributed by atoms with E-state index in [2.05, 4.69) is 63.9 Å². The van der Waals surface area contributed by atoms with Crippen molar-refractivity contribution in [2.45, 2.75) is 51.2 Å². The van der Waals surface area contributed by atoms with Crippen molar-refractivity contribution in [1.82, 2.24) is 15.5 Å². The van der Waals surface area contributed by atoms with Crippen LogP contribution >= 0.6 is 24.0 Å². The predicted octanol–water partition coefficient (Wildman–Crippen LogP) is 3.56. The van der Waals surface area contributed by atoms with Gasteiger partial charge in [0.25, 0.3) is 0 Å². The molecule has 6 heteroatoms. The number of rotatable bonds is 6. The molecule has 0 spiro atoms. The van der Waals surface area contributed by atoms with Gasteiger partial charge in [0, 0.05) is 38.8 Å². The van der Waals surface area contributed by atoms with E-state index < -0.39 is 0 Å². The quantitative estimate of drug-likeness (QED) is 0.273. The minimum absolute atomic E-state index is 0. The van der Waals surface area contributed by atoms with Gasteiger partial charge in [-0.15, -0.1) is 24.0 Å². The Labute approximate surface area is 187 Å². The molecule has 0 aromatic heterocycles. The van der Waals surface area contributed by atoms with E-state index in [0.29, 0.717) is 12.1 Å². The van der Waals surface area contributed by atoms with Crippen LogP contribution in [0.3, 0.4) is 0 Å². The van der Waals surface area contributed by atoms with Crippen molar-refractivity contribution in [2.24, 2.45) is 4.99 Å². The zero-order valence-electron chi connectivity index (χ0n) is 17.2. The largest absolute Gasteiger partial charge is 0.377 e. The number of piperidine rings is 1. The highest BCUT2D eigenvalue weighted by Crippen LogP contribution is 2.20. The lowest BCUT2D eigenvalue weighted by molar-refractivity contribution is 0.134. The summed E-state index contributed by atoms with van der Waals surface area (Å²) < 4.78 is 5.37. The maximum Gasteiger partial charge on any atom is 0.191 e. The maximum atomic E-state index is 5.37. The SMILES string of the molecule is CN=C(NCCC1=CCOCC1)NC1CCN(Cc2ccccc2)C(C)C1.I. The number of nitrogens with one attached hydrogen (secondary N) is 2. The molecule has 5 nitrogen and oxygen atoms in total. The molecule has 28 heavy (non-hydrogen) atoms. The number of hydrogen-bond acceptors (Lipinski definition) is 3. The number of aliphatic imine (C=N–C) groups is 1. The molecule has 1 aromatic rings. The van der Waals surface area contributed by atoms with Crippen LogP contribution in [-0.2, 0) is 11.3 Å². The Hall–Kier alpha value is -1.12. The van der Waals surface area contributed by atoms with Crippen LogP contribution in [0.1, 0.15) is 38.2 Å². The highest BCUT2D eigenvalue weighted by Gasteiger charge is 2.25. The first-order chi connectivity index (χ1) is 13.2. The van der Waals surface area contributed by atoms with Gasteiger partial charge in [0.05, 0.1) is 13.2 Å². The molecule has 0 aliphatic carbocycles. The summed E-state index contributed by atoms with van der Waals surface area (Å²) in [5.41, 5.74) is 2.89. The van der Waals surface area contributed by atoms with Crippen LogP contribution in [0.5, 0.6) is 0 Å². The van der Waals surface area contributed by atoms with E-state index in [4.69, 9.17) is 4.74 Å². The minimum atomic E-state index is 0. The molecular weight excluding hydrogens is 463 g/mol. The normalized spacial score (nSPS) is 23.5. The van der Waals surface area contributed by atoms with Crippen molar-refractivity contribution in [2.75, 3.05) is 33.4 Å². The lowest BCUT2D eigenvalue weighted by Gasteiger charge is -2.38. The second kappa shape index (κ2) is 12.4. The van der Waals surface area contributed by atoms with Crippen LogP contribution < -0.4 is 10.6 Å². The predicted molar refractivity (Wildman–Crippen MR) is 127 cm³/mol. The van der Waals surface area contributed by atoms with Crippen LogP contribution in [0.25, 0.3) is 0 Å². The van der Waals surface area contributed by atoms with Gasteiger partial charge in [0.1, 0.15) is 0 Å². The molecule has 2 aliphatic rings. The molecule has 0 amide bonds. The summed E-state index contributed by atoms with van der Waals surface area (Å²) >= 11 is 0. The molecule has 2 unspecified atom stereocenters. The van der Waals surface area contributed by atoms with Crippen molar-refractivity contribution in [3.63, 3.8) is 0 Å². The minimum Gasteiger partial charge on any atom is -0.377 e. The molecular formula is C22H35IN4O. The topological polar surface area (TPSA) is 48.9 Å². The Kier molecular flexibility index (Phi) is 10.3. The van der Waals surface area contributed by atoms with Crippen molar-refractivity contribution >= 4 is 29.9 Å². The highest BCUT2D eigenvalue weighted by atomic mass is 127. The van der Waals surface area contributed by atoms with Gasteiger partial charge >= 0.3 is 0 Å². The van der Waals surface area contributed by atoms with E-state index >= 15 is 0 Å². The van der Waals surface area contributed by atoms with Gasteiger partial charge in [-0.1, -0.05) is 42.0 Å². The molecule has 0 saturated carbocycles. The summed E-state index contributed by atoms with van der Waals surface area (Å²) in [6.45, 7) is 7.05. The van der Waals surface area contributed by atoms with E-state index in [9.17, 15) is 0 Å². The van der Waals surface area contributed by atoms with E-state index in [0.717, 1.165) is 64.5 Å². The number of guanidine groups is 1. The summed E-state index contributed by atoms with van der Waals surface area (Å²) in [6, 6.07) is 11.8. The highest BCUT2D eigenvalue weighted by molar-refractivity contribution is 14.0. The third kappa shape index (κ3) is 7.37. The Morgan fingerprint density at radius 1 is 1.29 bits per heavy atom. The summed E-state index contributed by atoms with van der Waals surface area (Å²) in [5, 5.41) is 7.10. The number of nitrogens with zero attached hydrogens (tertiary/aromatic N) is 2. The van der Waals surface area contributed by atoms with E-state index in [-0.39, 0.29) is 24.0 Å². The third-order valence-electron chi connectivity index (χ3n) is 5.60. The number of likely N-dealkylation sites (tertiary alicyclic amines) is 1. The number of ether oxygens (including phenoxy) is 1. The fraction of sp³-hybridized carbons (Fsp3) is 0.591. The van der Waals surface area contributed by atoms with Crippen LogP contribution in [0, 0.1) is 0 Å². The standard InChI is InChI=1S/C22H34N4O.HI/c1-18-16-21(9-13-26(18)17-20-6-4-3-5-7-20)25-22(23-2)24-12-8-19-10-14-27-15-11-19;/h3-7,10,18,21H,8-9,11-17H2,1-2H3,(H2,23,24,25);1H. The smallest absolute Gasteiger partial charge is 0.191 e. The van der Waals surface area contributed by atoms with Gasteiger partial charge in [0.15, 0.2) is 5.96 Å². The first-order valence-electron chi connectivity index (χ1n) is 10.3. The van der Waals surface area contributed by atoms with Gasteiger partial charge in [-0.3, -0.25) is 9.89 Å². The Morgan fingerprint density at radius 3 is 2.79 bits per heavy atom. The first-order valence-corrected chi connectivity index (χ1v) is 10.3. The Balaban J connectivity index is 0.00000280. The van der Waals surface area contributed by atoms with Gasteiger partial charge < -0.3 is 15.4 Å². The number of hydrogen-bond donors (Lipinski definition) is 2. The Bertz CT molecular complexity index is 635. The van der Waals surface area contributed by atoms with Crippen LogP contribution in [0.2, 0.25) is 0 Å². The van der Waals surface area contributed by atoms with E-state index in [1.165, 1.54) is 11.1 Å². The van der Waals surface area contributed by atoms with Gasteiger partial charge in [0.2, 0.25) is 0 Å². The lowest BCUT2D eigenvalue weighted by Crippen LogP contribution is -2.51. The monoisotopic (exact) mass is 498 g/mol. The van der Waals surface area contributed by atoms with Crippen LogP contribution in [-0.4, -0.2) is 56.3 Å². The van der Waals surface area contributed by atoms with Crippen LogP contribution in [0.4, 0.5) is 0 Å². The Morgan fingerprint density at radius 2 is 2.11 bits per heavy atom. The second-order valence-electron chi connectivity index (χ2n) is 7.61. The van der Waals surface area contributed by atoms with E-state index in [1.807, 2.05) is 7.05 Å². The van der Waals surface area contributed by atoms with Crippen LogP contribution in [0.15, 0.2) is 47.0 Å². The molecule has 0 radical (unpaired) electrons. The number of benzene rings is 1. The summed E-state index contributed by atoms with van der Waals surface area (Å²) in [6.07, 6.45) is 6.64. The summed E-state index contributed by atoms with van der Waals surface area (Å²) in [4.78, 5) is 7.00. The second-order valence-corrected chi connectivity index (χ2v) is 7.61. The average molecular weight is 498 g/mol. The molecule has 2 N–H and O–H groups in total.